The molecular weight excluding hydrogens is 161 g/mol. The van der Waals surface area contributed by atoms with Crippen molar-refractivity contribution in [2.45, 2.75) is 13.8 Å². The number of carbonyl (C=O) groups excluding carboxylic acids is 2. The molecule has 4 nitrogen and oxygen atoms in total. The van der Waals surface area contributed by atoms with Crippen LogP contribution in [0.15, 0.2) is 0 Å². The third kappa shape index (κ3) is 18.5. The maximum absolute atomic E-state index is 9.87. The van der Waals surface area contributed by atoms with Crippen molar-refractivity contribution in [3.63, 3.8) is 0 Å². The zero-order valence-electron chi connectivity index (χ0n) is 5.12. The van der Waals surface area contributed by atoms with Gasteiger partial charge >= 0.3 is 21.0 Å². The van der Waals surface area contributed by atoms with Crippen molar-refractivity contribution in [1.29, 1.82) is 0 Å². The van der Waals surface area contributed by atoms with Gasteiger partial charge in [-0.25, -0.2) is 0 Å². The van der Waals surface area contributed by atoms with E-state index in [0.29, 0.717) is 0 Å². The third-order valence-electron chi connectivity index (χ3n) is 0.315. The van der Waals surface area contributed by atoms with Crippen LogP contribution in [0.25, 0.3) is 5.32 Å². The molecule has 0 aromatic carbocycles. The Labute approximate surface area is 62.2 Å². The standard InChI is InChI=1S/C4H7NO2.O.V/c1-3(6)5-4(2)7;;/h1-2H3,(H,5,6,7);;/p-1. The van der Waals surface area contributed by atoms with Crippen molar-refractivity contribution in [1.82, 2.24) is 0 Å². The van der Waals surface area contributed by atoms with Gasteiger partial charge in [0.15, 0.2) is 0 Å². The first-order valence-electron chi connectivity index (χ1n) is 2.04. The molecule has 0 saturated carbocycles. The van der Waals surface area contributed by atoms with E-state index in [0.717, 1.165) is 17.4 Å². The summed E-state index contributed by atoms with van der Waals surface area (Å²) in [7, 11) is 0. The van der Waals surface area contributed by atoms with Crippen LogP contribution in [-0.2, 0) is 30.6 Å². The summed E-state index contributed by atoms with van der Waals surface area (Å²) in [6.45, 7) is 2.47. The molecule has 0 aliphatic carbocycles. The second kappa shape index (κ2) is 7.52. The molecule has 0 aromatic rings. The van der Waals surface area contributed by atoms with Crippen LogP contribution in [0.4, 0.5) is 0 Å². The number of rotatable bonds is 0. The van der Waals surface area contributed by atoms with Crippen LogP contribution in [0, 0.1) is 0 Å². The molecule has 0 unspecified atom stereocenters. The summed E-state index contributed by atoms with van der Waals surface area (Å²) in [6, 6.07) is 0. The van der Waals surface area contributed by atoms with Gasteiger partial charge in [0.25, 0.3) is 0 Å². The average molecular weight is 167 g/mol. The maximum atomic E-state index is 9.87. The van der Waals surface area contributed by atoms with Crippen molar-refractivity contribution in [3.8, 4) is 0 Å². The summed E-state index contributed by atoms with van der Waals surface area (Å²) >= 11 is 1.06. The number of carbonyl (C=O) groups is 2. The molecule has 51 valence electrons. The molecule has 0 spiro atoms. The molecule has 0 aliphatic rings. The Morgan fingerprint density at radius 1 is 1.11 bits per heavy atom. The van der Waals surface area contributed by atoms with Crippen LogP contribution in [0.3, 0.4) is 0 Å². The Hall–Kier alpha value is -0.476. The minimum atomic E-state index is -0.437. The first kappa shape index (κ1) is 11.3. The van der Waals surface area contributed by atoms with Gasteiger partial charge in [0, 0.05) is 0 Å². The van der Waals surface area contributed by atoms with Gasteiger partial charge in [0.1, 0.15) is 0 Å². The quantitative estimate of drug-likeness (QED) is 0.522. The summed E-state index contributed by atoms with van der Waals surface area (Å²) in [5, 5.41) is 3.00. The normalized spacial score (nSPS) is 6.33. The first-order chi connectivity index (χ1) is 4.13. The number of nitrogens with zero attached hydrogens (tertiary/aromatic N) is 1. The second-order valence-corrected chi connectivity index (χ2v) is 1.15. The summed E-state index contributed by atoms with van der Waals surface area (Å²) in [6.07, 6.45) is 0. The molecule has 0 radical (unpaired) electrons. The van der Waals surface area contributed by atoms with E-state index in [1.54, 1.807) is 0 Å². The number of amides is 2. The SMILES string of the molecule is CC(=O)[N-]C(C)=O.[O]=[V]. The van der Waals surface area contributed by atoms with Crippen molar-refractivity contribution in [2.24, 2.45) is 0 Å². The summed E-state index contributed by atoms with van der Waals surface area (Å²) in [5.41, 5.74) is 0. The van der Waals surface area contributed by atoms with Gasteiger partial charge in [-0.1, -0.05) is 0 Å². The van der Waals surface area contributed by atoms with E-state index in [1.807, 2.05) is 0 Å². The van der Waals surface area contributed by atoms with Gasteiger partial charge < -0.3 is 14.9 Å². The van der Waals surface area contributed by atoms with Crippen LogP contribution in [0.5, 0.6) is 0 Å². The zero-order chi connectivity index (χ0) is 7.86. The van der Waals surface area contributed by atoms with Gasteiger partial charge in [0.05, 0.1) is 11.8 Å². The van der Waals surface area contributed by atoms with E-state index in [4.69, 9.17) is 3.67 Å². The first-order valence-corrected chi connectivity index (χ1v) is 2.61. The molecule has 0 heterocycles. The molecule has 2 amide bonds. The van der Waals surface area contributed by atoms with E-state index in [2.05, 4.69) is 5.32 Å². The number of hydrogen-bond acceptors (Lipinski definition) is 3. The topological polar surface area (TPSA) is 65.3 Å². The van der Waals surface area contributed by atoms with Crippen LogP contribution in [-0.4, -0.2) is 11.8 Å². The number of hydrogen-bond donors (Lipinski definition) is 0. The van der Waals surface area contributed by atoms with Gasteiger partial charge in [-0.15, -0.1) is 0 Å². The Balaban J connectivity index is 0. The Bertz CT molecular complexity index is 102. The fourth-order valence-corrected chi connectivity index (χ4v) is 0.222. The van der Waals surface area contributed by atoms with Crippen molar-refractivity contribution >= 4 is 11.8 Å². The Kier molecular flexibility index (Phi) is 9.48. The van der Waals surface area contributed by atoms with Crippen molar-refractivity contribution in [3.05, 3.63) is 5.32 Å². The molecule has 0 N–H and O–H groups in total. The molecule has 0 atom stereocenters. The monoisotopic (exact) mass is 167 g/mol. The molecule has 0 fully saturated rings. The van der Waals surface area contributed by atoms with Crippen molar-refractivity contribution in [2.75, 3.05) is 0 Å². The van der Waals surface area contributed by atoms with Gasteiger partial charge in [0.2, 0.25) is 0 Å². The molecule has 0 rings (SSSR count). The Morgan fingerprint density at radius 3 is 1.33 bits per heavy atom. The summed E-state index contributed by atoms with van der Waals surface area (Å²) < 4.78 is 8.19. The molecule has 0 saturated heterocycles. The minimum absolute atomic E-state index is 0.437. The van der Waals surface area contributed by atoms with Gasteiger partial charge in [-0.05, 0) is 13.8 Å². The average Bonchev–Trinajstić information content (AvgIpc) is 1.68. The predicted octanol–water partition coefficient (Wildman–Crippen LogP) is 0.332. The van der Waals surface area contributed by atoms with E-state index < -0.39 is 11.8 Å². The van der Waals surface area contributed by atoms with E-state index in [1.165, 1.54) is 13.8 Å². The Morgan fingerprint density at radius 2 is 1.33 bits per heavy atom. The predicted molar refractivity (Wildman–Crippen MR) is 25.4 cm³/mol. The van der Waals surface area contributed by atoms with Gasteiger partial charge in [-0.2, -0.15) is 0 Å². The van der Waals surface area contributed by atoms with Crippen molar-refractivity contribution < 1.29 is 30.6 Å². The van der Waals surface area contributed by atoms with E-state index >= 15 is 0 Å². The summed E-state index contributed by atoms with van der Waals surface area (Å²) in [4.78, 5) is 19.7. The second-order valence-electron chi connectivity index (χ2n) is 1.15. The number of imide groups is 1. The molecule has 0 aromatic heterocycles. The van der Waals surface area contributed by atoms with Crippen LogP contribution in [0.2, 0.25) is 0 Å². The van der Waals surface area contributed by atoms with Crippen LogP contribution < -0.4 is 0 Å². The molecule has 9 heavy (non-hydrogen) atoms. The summed E-state index contributed by atoms with van der Waals surface area (Å²) in [5.74, 6) is -0.875. The third-order valence-corrected chi connectivity index (χ3v) is 0.315. The molecule has 0 aliphatic heterocycles. The fourth-order valence-electron chi connectivity index (χ4n) is 0.222. The van der Waals surface area contributed by atoms with Crippen LogP contribution in [0.1, 0.15) is 13.8 Å². The van der Waals surface area contributed by atoms with Crippen LogP contribution >= 0.6 is 0 Å². The van der Waals surface area contributed by atoms with E-state index in [9.17, 15) is 9.59 Å². The fraction of sp³-hybridized carbons (Fsp3) is 0.500. The zero-order valence-corrected chi connectivity index (χ0v) is 6.52. The molecule has 5 heteroatoms. The van der Waals surface area contributed by atoms with Gasteiger partial charge in [-0.3, -0.25) is 0 Å². The molecule has 0 bridgehead atoms. The molecular formula is C4H6NO3V-. The van der Waals surface area contributed by atoms with E-state index in [-0.39, 0.29) is 0 Å².